The molecule has 0 aliphatic rings. The number of hydrogen-bond acceptors (Lipinski definition) is 4. The van der Waals surface area contributed by atoms with Gasteiger partial charge in [0.1, 0.15) is 17.4 Å². The number of methoxy groups -OCH3 is 1. The molecule has 162 valence electrons. The minimum absolute atomic E-state index is 0.811. The molecule has 0 N–H and O–H groups in total. The fourth-order valence-electron chi connectivity index (χ4n) is 4.52. The zero-order chi connectivity index (χ0) is 22.0. The van der Waals surface area contributed by atoms with Crippen LogP contribution < -0.4 is 9.64 Å². The highest BCUT2D eigenvalue weighted by molar-refractivity contribution is 5.93. The average molecular weight is 409 g/mol. The van der Waals surface area contributed by atoms with Crippen LogP contribution in [0.1, 0.15) is 61.7 Å². The number of aromatic nitrogens is 3. The second kappa shape index (κ2) is 9.07. The largest absolute Gasteiger partial charge is 0.496 e. The molecule has 0 bridgehead atoms. The maximum atomic E-state index is 5.66. The average Bonchev–Trinajstić information content (AvgIpc) is 3.03. The molecule has 3 rings (SSSR count). The number of benzene rings is 1. The number of aryl methyl sites for hydroxylation is 3. The van der Waals surface area contributed by atoms with Crippen LogP contribution in [-0.2, 0) is 6.42 Å². The Hall–Kier alpha value is -2.56. The molecule has 5 heteroatoms. The van der Waals surface area contributed by atoms with Crippen molar-refractivity contribution in [3.8, 4) is 11.4 Å². The van der Waals surface area contributed by atoms with Gasteiger partial charge in [0.15, 0.2) is 5.65 Å². The van der Waals surface area contributed by atoms with Gasteiger partial charge < -0.3 is 14.2 Å². The fraction of sp³-hybridized carbons (Fsp3) is 0.520. The van der Waals surface area contributed by atoms with Gasteiger partial charge in [0.25, 0.3) is 0 Å². The first-order chi connectivity index (χ1) is 14.4. The van der Waals surface area contributed by atoms with E-state index < -0.39 is 0 Å². The second-order valence-electron chi connectivity index (χ2n) is 8.11. The number of fused-ring (bicyclic) bond motifs is 1. The molecule has 0 atom stereocenters. The Balaban J connectivity index is 2.31. The van der Waals surface area contributed by atoms with Crippen molar-refractivity contribution in [1.29, 1.82) is 0 Å². The van der Waals surface area contributed by atoms with E-state index in [-0.39, 0.29) is 0 Å². The summed E-state index contributed by atoms with van der Waals surface area (Å²) in [5.41, 5.74) is 7.09. The minimum atomic E-state index is 0.811. The number of anilines is 1. The molecule has 0 spiro atoms. The molecular formula is C25H36N4O. The summed E-state index contributed by atoms with van der Waals surface area (Å²) in [7, 11) is 1.75. The molecule has 0 aliphatic heterocycles. The van der Waals surface area contributed by atoms with E-state index in [1.165, 1.54) is 34.4 Å². The van der Waals surface area contributed by atoms with Crippen molar-refractivity contribution in [1.82, 2.24) is 14.5 Å². The van der Waals surface area contributed by atoms with Gasteiger partial charge in [-0.25, -0.2) is 9.97 Å². The molecule has 0 saturated heterocycles. The molecule has 30 heavy (non-hydrogen) atoms. The molecule has 0 unspecified atom stereocenters. The van der Waals surface area contributed by atoms with E-state index in [4.69, 9.17) is 14.7 Å². The van der Waals surface area contributed by atoms with Crippen molar-refractivity contribution in [2.45, 2.75) is 67.7 Å². The third-order valence-electron chi connectivity index (χ3n) is 6.03. The van der Waals surface area contributed by atoms with Crippen molar-refractivity contribution in [2.75, 3.05) is 25.1 Å². The van der Waals surface area contributed by atoms with E-state index in [0.717, 1.165) is 54.4 Å². The Morgan fingerprint density at radius 3 is 2.37 bits per heavy atom. The van der Waals surface area contributed by atoms with Crippen molar-refractivity contribution >= 4 is 16.9 Å². The number of unbranched alkanes of at least 4 members (excludes halogenated alkanes) is 1. The van der Waals surface area contributed by atoms with Crippen LogP contribution in [-0.4, -0.2) is 34.7 Å². The van der Waals surface area contributed by atoms with Crippen LogP contribution >= 0.6 is 0 Å². The predicted molar refractivity (Wildman–Crippen MR) is 127 cm³/mol. The number of nitrogens with zero attached hydrogens (tertiary/aromatic N) is 4. The molecule has 0 aliphatic carbocycles. The standard InChI is InChI=1S/C25H36N4O/c1-9-12-13-28(11-3)24-22-17(5)15-29(25(22)27-19(7)26-24)23-16(4)14-21(30-8)20(10-2)18(23)6/h14-15H,9-13H2,1-8H3. The first-order valence-electron chi connectivity index (χ1n) is 11.2. The van der Waals surface area contributed by atoms with Crippen LogP contribution in [0.15, 0.2) is 12.3 Å². The lowest BCUT2D eigenvalue weighted by atomic mass is 9.99. The fourth-order valence-corrected chi connectivity index (χ4v) is 4.52. The molecule has 1 aromatic carbocycles. The van der Waals surface area contributed by atoms with Crippen LogP contribution in [0, 0.1) is 27.7 Å². The van der Waals surface area contributed by atoms with Gasteiger partial charge in [0.2, 0.25) is 0 Å². The highest BCUT2D eigenvalue weighted by atomic mass is 16.5. The van der Waals surface area contributed by atoms with Crippen LogP contribution in [0.2, 0.25) is 0 Å². The van der Waals surface area contributed by atoms with Crippen molar-refractivity contribution in [2.24, 2.45) is 0 Å². The summed E-state index contributed by atoms with van der Waals surface area (Å²) in [4.78, 5) is 12.2. The molecule has 0 fully saturated rings. The number of ether oxygens (including phenoxy) is 1. The molecule has 2 aromatic heterocycles. The Morgan fingerprint density at radius 2 is 1.77 bits per heavy atom. The normalized spacial score (nSPS) is 11.3. The lowest BCUT2D eigenvalue weighted by Gasteiger charge is -2.23. The van der Waals surface area contributed by atoms with E-state index >= 15 is 0 Å². The van der Waals surface area contributed by atoms with E-state index in [0.29, 0.717) is 0 Å². The van der Waals surface area contributed by atoms with E-state index in [1.807, 2.05) is 6.92 Å². The lowest BCUT2D eigenvalue weighted by molar-refractivity contribution is 0.409. The second-order valence-corrected chi connectivity index (χ2v) is 8.11. The van der Waals surface area contributed by atoms with Crippen molar-refractivity contribution in [3.05, 3.63) is 40.3 Å². The van der Waals surface area contributed by atoms with Gasteiger partial charge in [-0.3, -0.25) is 0 Å². The van der Waals surface area contributed by atoms with Gasteiger partial charge in [-0.1, -0.05) is 20.3 Å². The summed E-state index contributed by atoms with van der Waals surface area (Å²) in [6.07, 6.45) is 5.49. The summed E-state index contributed by atoms with van der Waals surface area (Å²) in [6.45, 7) is 17.1. The SMILES string of the molecule is CCCCN(CC)c1nc(C)nc2c1c(C)cn2-c1c(C)cc(OC)c(CC)c1C. The Bertz CT molecular complexity index is 1050. The molecular weight excluding hydrogens is 372 g/mol. The zero-order valence-corrected chi connectivity index (χ0v) is 19.9. The van der Waals surface area contributed by atoms with Crippen LogP contribution in [0.3, 0.4) is 0 Å². The monoisotopic (exact) mass is 408 g/mol. The predicted octanol–water partition coefficient (Wildman–Crippen LogP) is 5.85. The van der Waals surface area contributed by atoms with E-state index in [2.05, 4.69) is 63.3 Å². The number of rotatable bonds is 8. The van der Waals surface area contributed by atoms with Crippen LogP contribution in [0.5, 0.6) is 5.75 Å². The highest BCUT2D eigenvalue weighted by Gasteiger charge is 2.21. The first kappa shape index (κ1) is 22.1. The van der Waals surface area contributed by atoms with Crippen molar-refractivity contribution < 1.29 is 4.74 Å². The summed E-state index contributed by atoms with van der Waals surface area (Å²) in [6, 6.07) is 2.15. The van der Waals surface area contributed by atoms with Gasteiger partial charge in [-0.15, -0.1) is 0 Å². The third-order valence-corrected chi connectivity index (χ3v) is 6.03. The highest BCUT2D eigenvalue weighted by Crippen LogP contribution is 2.36. The van der Waals surface area contributed by atoms with E-state index in [1.54, 1.807) is 7.11 Å². The molecule has 3 aromatic rings. The maximum Gasteiger partial charge on any atom is 0.150 e. The zero-order valence-electron chi connectivity index (χ0n) is 19.9. The van der Waals surface area contributed by atoms with Crippen molar-refractivity contribution in [3.63, 3.8) is 0 Å². The van der Waals surface area contributed by atoms with Gasteiger partial charge in [-0.05, 0) is 75.8 Å². The third kappa shape index (κ3) is 3.78. The lowest BCUT2D eigenvalue weighted by Crippen LogP contribution is -2.25. The van der Waals surface area contributed by atoms with Gasteiger partial charge in [-0.2, -0.15) is 0 Å². The van der Waals surface area contributed by atoms with Gasteiger partial charge >= 0.3 is 0 Å². The Kier molecular flexibility index (Phi) is 6.69. The minimum Gasteiger partial charge on any atom is -0.496 e. The molecule has 0 radical (unpaired) electrons. The summed E-state index contributed by atoms with van der Waals surface area (Å²) >= 11 is 0. The molecule has 0 saturated carbocycles. The Morgan fingerprint density at radius 1 is 1.03 bits per heavy atom. The molecule has 5 nitrogen and oxygen atoms in total. The maximum absolute atomic E-state index is 5.66. The summed E-state index contributed by atoms with van der Waals surface area (Å²) < 4.78 is 7.93. The molecule has 2 heterocycles. The quantitative estimate of drug-likeness (QED) is 0.469. The van der Waals surface area contributed by atoms with E-state index in [9.17, 15) is 0 Å². The summed E-state index contributed by atoms with van der Waals surface area (Å²) in [5, 5.41) is 1.16. The smallest absolute Gasteiger partial charge is 0.150 e. The topological polar surface area (TPSA) is 43.2 Å². The van der Waals surface area contributed by atoms with Gasteiger partial charge in [0.05, 0.1) is 18.2 Å². The Labute approximate surface area is 181 Å². The van der Waals surface area contributed by atoms with Gasteiger partial charge in [0, 0.05) is 19.3 Å². The number of hydrogen-bond donors (Lipinski definition) is 0. The van der Waals surface area contributed by atoms with Crippen LogP contribution in [0.25, 0.3) is 16.7 Å². The summed E-state index contributed by atoms with van der Waals surface area (Å²) in [5.74, 6) is 2.84. The first-order valence-corrected chi connectivity index (χ1v) is 11.2. The molecule has 0 amide bonds. The van der Waals surface area contributed by atoms with Crippen LogP contribution in [0.4, 0.5) is 5.82 Å².